The number of anilines is 1. The molecule has 1 aromatic carbocycles. The van der Waals surface area contributed by atoms with E-state index in [0.29, 0.717) is 11.5 Å². The van der Waals surface area contributed by atoms with Crippen molar-refractivity contribution in [2.24, 2.45) is 0 Å². The first-order chi connectivity index (χ1) is 12.4. The van der Waals surface area contributed by atoms with Crippen molar-refractivity contribution in [3.8, 4) is 5.75 Å². The Morgan fingerprint density at radius 3 is 2.58 bits per heavy atom. The molecule has 3 aromatic rings. The van der Waals surface area contributed by atoms with Gasteiger partial charge in [0.1, 0.15) is 12.4 Å². The number of rotatable bonds is 6. The van der Waals surface area contributed by atoms with Crippen molar-refractivity contribution in [1.29, 1.82) is 0 Å². The van der Waals surface area contributed by atoms with E-state index in [1.54, 1.807) is 0 Å². The Hall–Kier alpha value is -2.60. The van der Waals surface area contributed by atoms with Gasteiger partial charge >= 0.3 is 0 Å². The first-order valence-electron chi connectivity index (χ1n) is 8.58. The maximum Gasteiger partial charge on any atom is 0.265 e. The van der Waals surface area contributed by atoms with Crippen LogP contribution in [-0.4, -0.2) is 15.7 Å². The van der Waals surface area contributed by atoms with Crippen molar-refractivity contribution in [1.82, 2.24) is 9.78 Å². The van der Waals surface area contributed by atoms with Crippen LogP contribution in [0.1, 0.15) is 39.0 Å². The van der Waals surface area contributed by atoms with Gasteiger partial charge in [-0.2, -0.15) is 5.10 Å². The number of hydrogen-bond acceptors (Lipinski definition) is 4. The molecule has 2 aromatic heterocycles. The zero-order valence-corrected chi connectivity index (χ0v) is 16.3. The van der Waals surface area contributed by atoms with E-state index < -0.39 is 0 Å². The number of thiophene rings is 1. The van der Waals surface area contributed by atoms with Crippen LogP contribution >= 0.6 is 11.3 Å². The predicted octanol–water partition coefficient (Wildman–Crippen LogP) is 4.72. The normalized spacial score (nSPS) is 10.8. The van der Waals surface area contributed by atoms with Crippen LogP contribution in [-0.2, 0) is 13.2 Å². The molecule has 3 rings (SSSR count). The van der Waals surface area contributed by atoms with Gasteiger partial charge in [-0.1, -0.05) is 6.07 Å². The minimum atomic E-state index is -0.119. The molecule has 0 atom stereocenters. The van der Waals surface area contributed by atoms with Crippen LogP contribution in [0.5, 0.6) is 5.75 Å². The maximum absolute atomic E-state index is 12.5. The molecule has 0 fully saturated rings. The van der Waals surface area contributed by atoms with Crippen LogP contribution in [0, 0.1) is 20.8 Å². The number of nitrogens with one attached hydrogen (secondary N) is 1. The molecule has 0 unspecified atom stereocenters. The van der Waals surface area contributed by atoms with Crippen LogP contribution in [0.15, 0.2) is 35.8 Å². The second-order valence-electron chi connectivity index (χ2n) is 6.37. The van der Waals surface area contributed by atoms with Crippen molar-refractivity contribution < 1.29 is 9.53 Å². The second kappa shape index (κ2) is 7.74. The number of benzene rings is 1. The molecule has 136 valence electrons. The topological polar surface area (TPSA) is 56.2 Å². The summed E-state index contributed by atoms with van der Waals surface area (Å²) in [6, 6.07) is 8.02. The lowest BCUT2D eigenvalue weighted by atomic mass is 10.1. The van der Waals surface area contributed by atoms with Gasteiger partial charge in [0.2, 0.25) is 0 Å². The Labute approximate surface area is 157 Å². The fourth-order valence-corrected chi connectivity index (χ4v) is 3.53. The highest BCUT2D eigenvalue weighted by Gasteiger charge is 2.13. The third-order valence-corrected chi connectivity index (χ3v) is 4.97. The number of nitrogens with zero attached hydrogens (tertiary/aromatic N) is 2. The van der Waals surface area contributed by atoms with Crippen molar-refractivity contribution in [2.75, 3.05) is 5.32 Å². The first kappa shape index (κ1) is 18.2. The Balaban J connectivity index is 1.63. The first-order valence-corrected chi connectivity index (χ1v) is 9.46. The average molecular weight is 369 g/mol. The molecule has 1 amide bonds. The van der Waals surface area contributed by atoms with Crippen molar-refractivity contribution >= 4 is 22.9 Å². The molecule has 26 heavy (non-hydrogen) atoms. The lowest BCUT2D eigenvalue weighted by Gasteiger charge is -2.07. The summed E-state index contributed by atoms with van der Waals surface area (Å²) in [6.45, 7) is 9.22. The van der Waals surface area contributed by atoms with Gasteiger partial charge in [-0.25, -0.2) is 0 Å². The van der Waals surface area contributed by atoms with Gasteiger partial charge in [0, 0.05) is 18.3 Å². The van der Waals surface area contributed by atoms with Gasteiger partial charge in [-0.05, 0) is 62.4 Å². The van der Waals surface area contributed by atoms with Crippen molar-refractivity contribution in [3.63, 3.8) is 0 Å². The molecule has 0 bridgehead atoms. The number of ether oxygens (including phenoxy) is 1. The summed E-state index contributed by atoms with van der Waals surface area (Å²) in [5.74, 6) is 0.730. The second-order valence-corrected chi connectivity index (χ2v) is 7.28. The number of aryl methyl sites for hydroxylation is 4. The van der Waals surface area contributed by atoms with Crippen LogP contribution in [0.4, 0.5) is 5.69 Å². The fraction of sp³-hybridized carbons (Fsp3) is 0.300. The highest BCUT2D eigenvalue weighted by atomic mass is 32.1. The molecule has 0 aliphatic rings. The quantitative estimate of drug-likeness (QED) is 0.684. The number of carbonyl (C=O) groups is 1. The SMILES string of the molecule is CCn1cc(NC(=O)c2cc(COc3cc(C)cc(C)c3)cs2)c(C)n1. The minimum absolute atomic E-state index is 0.119. The van der Waals surface area contributed by atoms with E-state index in [4.69, 9.17) is 4.74 Å². The Morgan fingerprint density at radius 2 is 1.92 bits per heavy atom. The van der Waals surface area contributed by atoms with Gasteiger partial charge < -0.3 is 10.1 Å². The van der Waals surface area contributed by atoms with Crippen molar-refractivity contribution in [3.05, 3.63) is 63.1 Å². The van der Waals surface area contributed by atoms with Gasteiger partial charge in [-0.15, -0.1) is 11.3 Å². The zero-order valence-electron chi connectivity index (χ0n) is 15.5. The summed E-state index contributed by atoms with van der Waals surface area (Å²) in [5, 5.41) is 9.23. The standard InChI is InChI=1S/C20H23N3O2S/c1-5-23-10-18(15(4)22-23)21-20(24)19-9-16(12-26-19)11-25-17-7-13(2)6-14(3)8-17/h6-10,12H,5,11H2,1-4H3,(H,21,24). The minimum Gasteiger partial charge on any atom is -0.489 e. The smallest absolute Gasteiger partial charge is 0.265 e. The summed E-state index contributed by atoms with van der Waals surface area (Å²) >= 11 is 1.42. The predicted molar refractivity (Wildman–Crippen MR) is 105 cm³/mol. The molecule has 0 saturated heterocycles. The summed E-state index contributed by atoms with van der Waals surface area (Å²) in [5.41, 5.74) is 4.90. The molecule has 1 N–H and O–H groups in total. The number of aromatic nitrogens is 2. The van der Waals surface area contributed by atoms with Gasteiger partial charge in [0.15, 0.2) is 0 Å². The van der Waals surface area contributed by atoms with Crippen LogP contribution in [0.3, 0.4) is 0 Å². The molecular weight excluding hydrogens is 346 g/mol. The van der Waals surface area contributed by atoms with Crippen LogP contribution < -0.4 is 10.1 Å². The van der Waals surface area contributed by atoms with E-state index in [-0.39, 0.29) is 5.91 Å². The molecule has 5 nitrogen and oxygen atoms in total. The summed E-state index contributed by atoms with van der Waals surface area (Å²) < 4.78 is 7.67. The number of hydrogen-bond donors (Lipinski definition) is 1. The zero-order chi connectivity index (χ0) is 18.7. The summed E-state index contributed by atoms with van der Waals surface area (Å²) in [6.07, 6.45) is 1.85. The molecule has 0 aliphatic carbocycles. The van der Waals surface area contributed by atoms with E-state index in [1.807, 2.05) is 48.3 Å². The van der Waals surface area contributed by atoms with E-state index in [0.717, 1.165) is 29.2 Å². The van der Waals surface area contributed by atoms with Crippen LogP contribution in [0.2, 0.25) is 0 Å². The Kier molecular flexibility index (Phi) is 5.42. The lowest BCUT2D eigenvalue weighted by molar-refractivity contribution is 0.103. The molecule has 6 heteroatoms. The van der Waals surface area contributed by atoms with Gasteiger partial charge in [0.05, 0.1) is 16.3 Å². The van der Waals surface area contributed by atoms with E-state index in [1.165, 1.54) is 22.5 Å². The number of amides is 1. The lowest BCUT2D eigenvalue weighted by Crippen LogP contribution is -2.10. The third-order valence-electron chi connectivity index (χ3n) is 4.00. The molecule has 0 spiro atoms. The molecular formula is C20H23N3O2S. The third kappa shape index (κ3) is 4.32. The monoisotopic (exact) mass is 369 g/mol. The fourth-order valence-electron chi connectivity index (χ4n) is 2.74. The molecule has 0 saturated carbocycles. The summed E-state index contributed by atoms with van der Waals surface area (Å²) in [7, 11) is 0. The Bertz CT molecular complexity index is 907. The maximum atomic E-state index is 12.5. The van der Waals surface area contributed by atoms with E-state index >= 15 is 0 Å². The van der Waals surface area contributed by atoms with Gasteiger partial charge in [0.25, 0.3) is 5.91 Å². The van der Waals surface area contributed by atoms with Gasteiger partial charge in [-0.3, -0.25) is 9.48 Å². The highest BCUT2D eigenvalue weighted by molar-refractivity contribution is 7.12. The summed E-state index contributed by atoms with van der Waals surface area (Å²) in [4.78, 5) is 13.1. The number of carbonyl (C=O) groups excluding carboxylic acids is 1. The van der Waals surface area contributed by atoms with Crippen LogP contribution in [0.25, 0.3) is 0 Å². The van der Waals surface area contributed by atoms with E-state index in [9.17, 15) is 4.79 Å². The van der Waals surface area contributed by atoms with E-state index in [2.05, 4.69) is 30.3 Å². The average Bonchev–Trinajstić information content (AvgIpc) is 3.19. The molecule has 2 heterocycles. The molecule has 0 aliphatic heterocycles. The Morgan fingerprint density at radius 1 is 1.19 bits per heavy atom. The highest BCUT2D eigenvalue weighted by Crippen LogP contribution is 2.21. The largest absolute Gasteiger partial charge is 0.489 e. The van der Waals surface area contributed by atoms with Crippen molar-refractivity contribution in [2.45, 2.75) is 40.8 Å². The molecule has 0 radical (unpaired) electrons.